The highest BCUT2D eigenvalue weighted by Gasteiger charge is 2.24. The monoisotopic (exact) mass is 291 g/mol. The average Bonchev–Trinajstić information content (AvgIpc) is 2.99. The van der Waals surface area contributed by atoms with Crippen LogP contribution in [0.15, 0.2) is 12.1 Å². The Morgan fingerprint density at radius 3 is 2.81 bits per heavy atom. The van der Waals surface area contributed by atoms with E-state index in [9.17, 15) is 0 Å². The number of aryl methyl sites for hydroxylation is 1. The number of methoxy groups -OCH3 is 1. The average molecular weight is 291 g/mol. The van der Waals surface area contributed by atoms with E-state index in [-0.39, 0.29) is 0 Å². The van der Waals surface area contributed by atoms with Crippen molar-refractivity contribution in [1.82, 2.24) is 5.32 Å². The molecule has 1 aliphatic heterocycles. The van der Waals surface area contributed by atoms with E-state index in [1.807, 2.05) is 0 Å². The van der Waals surface area contributed by atoms with Crippen molar-refractivity contribution >= 4 is 0 Å². The Balaban J connectivity index is 2.24. The molecule has 2 rings (SSSR count). The van der Waals surface area contributed by atoms with Crippen LogP contribution in [0.2, 0.25) is 0 Å². The lowest BCUT2D eigenvalue weighted by molar-refractivity contribution is 0.0943. The van der Waals surface area contributed by atoms with E-state index in [4.69, 9.17) is 9.47 Å². The van der Waals surface area contributed by atoms with Gasteiger partial charge in [0.25, 0.3) is 0 Å². The summed E-state index contributed by atoms with van der Waals surface area (Å²) in [5.41, 5.74) is 3.79. The third-order valence-corrected chi connectivity index (χ3v) is 4.45. The van der Waals surface area contributed by atoms with Gasteiger partial charge in [0.1, 0.15) is 5.75 Å². The van der Waals surface area contributed by atoms with Crippen molar-refractivity contribution in [3.05, 3.63) is 28.8 Å². The molecule has 1 heterocycles. The molecule has 21 heavy (non-hydrogen) atoms. The molecule has 0 bridgehead atoms. The van der Waals surface area contributed by atoms with Crippen LogP contribution in [0, 0.1) is 13.8 Å². The zero-order chi connectivity index (χ0) is 15.2. The largest absolute Gasteiger partial charge is 0.496 e. The zero-order valence-electron chi connectivity index (χ0n) is 13.9. The van der Waals surface area contributed by atoms with Gasteiger partial charge in [-0.1, -0.05) is 19.1 Å². The molecule has 0 aliphatic carbocycles. The van der Waals surface area contributed by atoms with Gasteiger partial charge in [-0.25, -0.2) is 0 Å². The fourth-order valence-electron chi connectivity index (χ4n) is 3.09. The molecule has 2 unspecified atom stereocenters. The minimum absolute atomic E-state index is 0.308. The maximum absolute atomic E-state index is 5.83. The van der Waals surface area contributed by atoms with Crippen molar-refractivity contribution in [1.29, 1.82) is 0 Å². The van der Waals surface area contributed by atoms with E-state index in [0.717, 1.165) is 31.7 Å². The first-order valence-corrected chi connectivity index (χ1v) is 8.16. The van der Waals surface area contributed by atoms with E-state index in [0.29, 0.717) is 12.1 Å². The van der Waals surface area contributed by atoms with Crippen molar-refractivity contribution in [2.45, 2.75) is 58.6 Å². The Morgan fingerprint density at radius 2 is 2.19 bits per heavy atom. The molecule has 3 heteroatoms. The van der Waals surface area contributed by atoms with E-state index in [2.05, 4.69) is 38.2 Å². The number of nitrogens with one attached hydrogen (secondary N) is 1. The van der Waals surface area contributed by atoms with Crippen LogP contribution < -0.4 is 10.1 Å². The van der Waals surface area contributed by atoms with Crippen molar-refractivity contribution in [3.63, 3.8) is 0 Å². The minimum atomic E-state index is 0.308. The summed E-state index contributed by atoms with van der Waals surface area (Å²) in [6.45, 7) is 8.41. The maximum Gasteiger partial charge on any atom is 0.126 e. The fourth-order valence-corrected chi connectivity index (χ4v) is 3.09. The molecule has 118 valence electrons. The van der Waals surface area contributed by atoms with Gasteiger partial charge in [0.2, 0.25) is 0 Å². The molecule has 2 atom stereocenters. The van der Waals surface area contributed by atoms with Crippen LogP contribution in [0.1, 0.15) is 55.3 Å². The first kappa shape index (κ1) is 16.3. The standard InChI is InChI=1S/C18H29NO2/c1-5-10-19-17(12-15-7-6-11-21-15)16-9-8-13(2)14(3)18(16)20-4/h8-9,15,17,19H,5-7,10-12H2,1-4H3. The second kappa shape index (κ2) is 7.81. The van der Waals surface area contributed by atoms with Gasteiger partial charge in [-0.2, -0.15) is 0 Å². The van der Waals surface area contributed by atoms with Crippen LogP contribution in [0.4, 0.5) is 0 Å². The predicted molar refractivity (Wildman–Crippen MR) is 87.1 cm³/mol. The van der Waals surface area contributed by atoms with Crippen molar-refractivity contribution < 1.29 is 9.47 Å². The SMILES string of the molecule is CCCNC(CC1CCCO1)c1ccc(C)c(C)c1OC. The molecule has 1 aromatic carbocycles. The summed E-state index contributed by atoms with van der Waals surface area (Å²) >= 11 is 0. The Hall–Kier alpha value is -1.06. The van der Waals surface area contributed by atoms with Crippen LogP contribution in [0.5, 0.6) is 5.75 Å². The highest BCUT2D eigenvalue weighted by atomic mass is 16.5. The van der Waals surface area contributed by atoms with Crippen molar-refractivity contribution in [3.8, 4) is 5.75 Å². The number of hydrogen-bond donors (Lipinski definition) is 1. The molecule has 1 aromatic rings. The van der Waals surface area contributed by atoms with Gasteiger partial charge < -0.3 is 14.8 Å². The van der Waals surface area contributed by atoms with E-state index in [1.165, 1.54) is 29.5 Å². The number of hydrogen-bond acceptors (Lipinski definition) is 3. The second-order valence-electron chi connectivity index (χ2n) is 6.01. The maximum atomic E-state index is 5.83. The van der Waals surface area contributed by atoms with E-state index >= 15 is 0 Å². The summed E-state index contributed by atoms with van der Waals surface area (Å²) in [5.74, 6) is 1.03. The van der Waals surface area contributed by atoms with Gasteiger partial charge in [-0.3, -0.25) is 0 Å². The quantitative estimate of drug-likeness (QED) is 0.826. The van der Waals surface area contributed by atoms with Gasteiger partial charge in [-0.15, -0.1) is 0 Å². The predicted octanol–water partition coefficient (Wildman–Crippen LogP) is 3.92. The Bertz CT molecular complexity index is 453. The molecule has 0 saturated carbocycles. The lowest BCUT2D eigenvalue weighted by atomic mass is 9.94. The first-order valence-electron chi connectivity index (χ1n) is 8.16. The second-order valence-corrected chi connectivity index (χ2v) is 6.01. The normalized spacial score (nSPS) is 19.7. The summed E-state index contributed by atoms with van der Waals surface area (Å²) in [7, 11) is 1.77. The Kier molecular flexibility index (Phi) is 6.07. The van der Waals surface area contributed by atoms with Gasteiger partial charge in [0.05, 0.1) is 13.2 Å². The zero-order valence-corrected chi connectivity index (χ0v) is 13.9. The fraction of sp³-hybridized carbons (Fsp3) is 0.667. The van der Waals surface area contributed by atoms with Gasteiger partial charge in [0.15, 0.2) is 0 Å². The van der Waals surface area contributed by atoms with Crippen molar-refractivity contribution in [2.24, 2.45) is 0 Å². The molecule has 0 spiro atoms. The van der Waals surface area contributed by atoms with Crippen LogP contribution in [-0.2, 0) is 4.74 Å². The lowest BCUT2D eigenvalue weighted by Crippen LogP contribution is -2.26. The lowest BCUT2D eigenvalue weighted by Gasteiger charge is -2.25. The molecule has 0 radical (unpaired) electrons. The van der Waals surface area contributed by atoms with Gasteiger partial charge >= 0.3 is 0 Å². The molecule has 1 fully saturated rings. The molecular weight excluding hydrogens is 262 g/mol. The summed E-state index contributed by atoms with van der Waals surface area (Å²) < 4.78 is 11.5. The van der Waals surface area contributed by atoms with Crippen molar-refractivity contribution in [2.75, 3.05) is 20.3 Å². The third-order valence-electron chi connectivity index (χ3n) is 4.45. The van der Waals surface area contributed by atoms with Gasteiger partial charge in [0, 0.05) is 18.2 Å². The molecule has 1 aliphatic rings. The summed E-state index contributed by atoms with van der Waals surface area (Å²) in [4.78, 5) is 0. The minimum Gasteiger partial charge on any atom is -0.496 e. The Labute approximate surface area is 129 Å². The highest BCUT2D eigenvalue weighted by Crippen LogP contribution is 2.34. The van der Waals surface area contributed by atoms with E-state index in [1.54, 1.807) is 7.11 Å². The number of ether oxygens (including phenoxy) is 2. The smallest absolute Gasteiger partial charge is 0.126 e. The van der Waals surface area contributed by atoms with Gasteiger partial charge in [-0.05, 0) is 57.2 Å². The summed E-state index contributed by atoms with van der Waals surface area (Å²) in [5, 5.41) is 3.67. The van der Waals surface area contributed by atoms with E-state index < -0.39 is 0 Å². The highest BCUT2D eigenvalue weighted by molar-refractivity contribution is 5.46. The molecule has 3 nitrogen and oxygen atoms in total. The molecule has 0 amide bonds. The molecular formula is C18H29NO2. The van der Waals surface area contributed by atoms with Crippen LogP contribution in [0.25, 0.3) is 0 Å². The molecule has 1 saturated heterocycles. The Morgan fingerprint density at radius 1 is 1.38 bits per heavy atom. The summed E-state index contributed by atoms with van der Waals surface area (Å²) in [6, 6.07) is 4.72. The topological polar surface area (TPSA) is 30.5 Å². The van der Waals surface area contributed by atoms with Crippen LogP contribution in [-0.4, -0.2) is 26.4 Å². The number of rotatable bonds is 7. The molecule has 0 aromatic heterocycles. The third kappa shape index (κ3) is 3.98. The first-order chi connectivity index (χ1) is 10.2. The number of benzene rings is 1. The molecule has 1 N–H and O–H groups in total. The summed E-state index contributed by atoms with van der Waals surface area (Å²) in [6.07, 6.45) is 4.91. The van der Waals surface area contributed by atoms with Crippen LogP contribution >= 0.6 is 0 Å². The van der Waals surface area contributed by atoms with Crippen LogP contribution in [0.3, 0.4) is 0 Å².